The molecule has 0 fully saturated rings. The summed E-state index contributed by atoms with van der Waals surface area (Å²) in [5.74, 6) is 1.28. The quantitative estimate of drug-likeness (QED) is 0.587. The molecule has 5 rings (SSSR count). The van der Waals surface area contributed by atoms with Crippen molar-refractivity contribution in [3.05, 3.63) is 65.9 Å². The summed E-state index contributed by atoms with van der Waals surface area (Å²) in [5, 5.41) is 1.05. The van der Waals surface area contributed by atoms with Gasteiger partial charge in [-0.3, -0.25) is 0 Å². The van der Waals surface area contributed by atoms with Crippen molar-refractivity contribution >= 4 is 22.5 Å². The molecule has 3 aromatic heterocycles. The number of para-hydroxylation sites is 1. The molecule has 6 heteroatoms. The van der Waals surface area contributed by atoms with Crippen molar-refractivity contribution < 1.29 is 0 Å². The molecule has 0 amide bonds. The Bertz CT molecular complexity index is 1150. The number of aromatic nitrogens is 4. The Balaban J connectivity index is 1.63. The van der Waals surface area contributed by atoms with Gasteiger partial charge in [0.1, 0.15) is 17.3 Å². The highest BCUT2D eigenvalue weighted by atomic mass is 15.2. The number of nitrogens with two attached hydrogens (primary N) is 1. The molecule has 1 aliphatic heterocycles. The number of benzene rings is 1. The van der Waals surface area contributed by atoms with E-state index < -0.39 is 0 Å². The van der Waals surface area contributed by atoms with Crippen LogP contribution in [0.15, 0.2) is 48.8 Å². The lowest BCUT2D eigenvalue weighted by Gasteiger charge is -2.20. The molecule has 4 aromatic rings. The molecule has 6 nitrogen and oxygen atoms in total. The molecular formula is C21H20N6. The number of nitrogens with one attached hydrogen (secondary N) is 1. The molecule has 0 aliphatic carbocycles. The Morgan fingerprint density at radius 2 is 2.07 bits per heavy atom. The Labute approximate surface area is 157 Å². The van der Waals surface area contributed by atoms with Crippen LogP contribution in [0.1, 0.15) is 17.1 Å². The van der Waals surface area contributed by atoms with E-state index in [-0.39, 0.29) is 0 Å². The van der Waals surface area contributed by atoms with Crippen LogP contribution in [-0.2, 0) is 13.0 Å². The molecule has 4 heterocycles. The second kappa shape index (κ2) is 6.09. The standard InChI is InChI=1S/C21H20N6/c1-13-25-17(12-27-9-7-14-4-2-3-5-18(14)27)20-16(11-24-21(20)26-13)15-6-8-23-19(22)10-15/h2-6,8,10-11H,7,9,12H2,1H3,(H2,22,23)(H,24,25,26). The summed E-state index contributed by atoms with van der Waals surface area (Å²) in [6.07, 6.45) is 4.79. The van der Waals surface area contributed by atoms with Crippen molar-refractivity contribution in [2.45, 2.75) is 19.9 Å². The summed E-state index contributed by atoms with van der Waals surface area (Å²) >= 11 is 0. The molecule has 0 saturated heterocycles. The molecule has 1 aliphatic rings. The van der Waals surface area contributed by atoms with Gasteiger partial charge >= 0.3 is 0 Å². The normalized spacial score (nSPS) is 13.3. The van der Waals surface area contributed by atoms with Gasteiger partial charge in [-0.2, -0.15) is 0 Å². The minimum atomic E-state index is 0.505. The van der Waals surface area contributed by atoms with Gasteiger partial charge in [0, 0.05) is 35.6 Å². The summed E-state index contributed by atoms with van der Waals surface area (Å²) in [5.41, 5.74) is 12.6. The lowest BCUT2D eigenvalue weighted by molar-refractivity contribution is 0.812. The number of hydrogen-bond acceptors (Lipinski definition) is 5. The van der Waals surface area contributed by atoms with E-state index in [9.17, 15) is 0 Å². The Kier molecular flexibility index (Phi) is 3.57. The highest BCUT2D eigenvalue weighted by molar-refractivity contribution is 5.95. The highest BCUT2D eigenvalue weighted by Gasteiger charge is 2.22. The van der Waals surface area contributed by atoms with Gasteiger partial charge in [0.25, 0.3) is 0 Å². The van der Waals surface area contributed by atoms with Gasteiger partial charge in [0.15, 0.2) is 0 Å². The fraction of sp³-hybridized carbons (Fsp3) is 0.190. The maximum Gasteiger partial charge on any atom is 0.141 e. The Morgan fingerprint density at radius 1 is 1.19 bits per heavy atom. The summed E-state index contributed by atoms with van der Waals surface area (Å²) in [6, 6.07) is 12.4. The summed E-state index contributed by atoms with van der Waals surface area (Å²) in [6.45, 7) is 3.69. The Hall–Kier alpha value is -3.41. The van der Waals surface area contributed by atoms with Crippen molar-refractivity contribution in [2.24, 2.45) is 0 Å². The van der Waals surface area contributed by atoms with E-state index in [1.807, 2.05) is 25.3 Å². The largest absolute Gasteiger partial charge is 0.384 e. The van der Waals surface area contributed by atoms with Gasteiger partial charge in [-0.05, 0) is 42.7 Å². The van der Waals surface area contributed by atoms with Gasteiger partial charge in [0.2, 0.25) is 0 Å². The van der Waals surface area contributed by atoms with E-state index in [1.54, 1.807) is 6.20 Å². The van der Waals surface area contributed by atoms with Gasteiger partial charge < -0.3 is 15.6 Å². The van der Waals surface area contributed by atoms with Crippen LogP contribution in [0.3, 0.4) is 0 Å². The molecular weight excluding hydrogens is 336 g/mol. The van der Waals surface area contributed by atoms with Crippen molar-refractivity contribution in [3.63, 3.8) is 0 Å². The predicted molar refractivity (Wildman–Crippen MR) is 107 cm³/mol. The van der Waals surface area contributed by atoms with E-state index in [2.05, 4.69) is 44.1 Å². The zero-order valence-corrected chi connectivity index (χ0v) is 15.1. The zero-order valence-electron chi connectivity index (χ0n) is 15.1. The van der Waals surface area contributed by atoms with E-state index in [4.69, 9.17) is 10.7 Å². The lowest BCUT2D eigenvalue weighted by atomic mass is 10.1. The van der Waals surface area contributed by atoms with Crippen LogP contribution in [0.2, 0.25) is 0 Å². The maximum atomic E-state index is 5.90. The average Bonchev–Trinajstić information content (AvgIpc) is 3.26. The molecule has 0 unspecified atom stereocenters. The van der Waals surface area contributed by atoms with Gasteiger partial charge in [0.05, 0.1) is 12.2 Å². The number of hydrogen-bond donors (Lipinski definition) is 2. The van der Waals surface area contributed by atoms with E-state index in [0.29, 0.717) is 5.82 Å². The van der Waals surface area contributed by atoms with Gasteiger partial charge in [-0.15, -0.1) is 0 Å². The van der Waals surface area contributed by atoms with Crippen LogP contribution in [0.5, 0.6) is 0 Å². The lowest BCUT2D eigenvalue weighted by Crippen LogP contribution is -2.21. The Morgan fingerprint density at radius 3 is 2.96 bits per heavy atom. The minimum Gasteiger partial charge on any atom is -0.384 e. The SMILES string of the molecule is Cc1nc(CN2CCc3ccccc32)c2c(-c3ccnc(N)c3)c[nH]c2n1. The summed E-state index contributed by atoms with van der Waals surface area (Å²) in [7, 11) is 0. The van der Waals surface area contributed by atoms with Crippen molar-refractivity contribution in [1.29, 1.82) is 0 Å². The number of anilines is 2. The first-order valence-electron chi connectivity index (χ1n) is 9.08. The minimum absolute atomic E-state index is 0.505. The first kappa shape index (κ1) is 15.8. The third-order valence-electron chi connectivity index (χ3n) is 5.13. The molecule has 0 saturated carbocycles. The number of H-pyrrole nitrogens is 1. The first-order chi connectivity index (χ1) is 13.2. The number of fused-ring (bicyclic) bond motifs is 2. The van der Waals surface area contributed by atoms with E-state index >= 15 is 0 Å². The second-order valence-electron chi connectivity index (χ2n) is 6.91. The molecule has 0 atom stereocenters. The molecule has 0 spiro atoms. The summed E-state index contributed by atoms with van der Waals surface area (Å²) in [4.78, 5) is 19.2. The van der Waals surface area contributed by atoms with Crippen molar-refractivity contribution in [2.75, 3.05) is 17.2 Å². The number of aromatic amines is 1. The zero-order chi connectivity index (χ0) is 18.4. The number of nitrogen functional groups attached to an aromatic ring is 1. The molecule has 27 heavy (non-hydrogen) atoms. The molecule has 0 radical (unpaired) electrons. The molecule has 1 aromatic carbocycles. The fourth-order valence-corrected chi connectivity index (χ4v) is 3.94. The van der Waals surface area contributed by atoms with Crippen molar-refractivity contribution in [1.82, 2.24) is 19.9 Å². The first-order valence-corrected chi connectivity index (χ1v) is 9.08. The van der Waals surface area contributed by atoms with Crippen LogP contribution in [0.4, 0.5) is 11.5 Å². The molecule has 0 bridgehead atoms. The number of pyridine rings is 1. The van der Waals surface area contributed by atoms with Gasteiger partial charge in [-0.25, -0.2) is 15.0 Å². The monoisotopic (exact) mass is 356 g/mol. The van der Waals surface area contributed by atoms with Crippen LogP contribution >= 0.6 is 0 Å². The van der Waals surface area contributed by atoms with Crippen LogP contribution < -0.4 is 10.6 Å². The van der Waals surface area contributed by atoms with Crippen LogP contribution in [0.25, 0.3) is 22.2 Å². The van der Waals surface area contributed by atoms with Crippen LogP contribution in [-0.4, -0.2) is 26.5 Å². The predicted octanol–water partition coefficient (Wildman–Crippen LogP) is 3.47. The van der Waals surface area contributed by atoms with E-state index in [0.717, 1.165) is 53.2 Å². The van der Waals surface area contributed by atoms with Gasteiger partial charge in [-0.1, -0.05) is 18.2 Å². The smallest absolute Gasteiger partial charge is 0.141 e. The third-order valence-corrected chi connectivity index (χ3v) is 5.13. The maximum absolute atomic E-state index is 5.90. The number of rotatable bonds is 3. The molecule has 134 valence electrons. The third kappa shape index (κ3) is 2.70. The second-order valence-corrected chi connectivity index (χ2v) is 6.91. The number of nitrogens with zero attached hydrogens (tertiary/aromatic N) is 4. The topological polar surface area (TPSA) is 83.7 Å². The number of aryl methyl sites for hydroxylation is 1. The molecule has 3 N–H and O–H groups in total. The average molecular weight is 356 g/mol. The fourth-order valence-electron chi connectivity index (χ4n) is 3.94. The van der Waals surface area contributed by atoms with Crippen molar-refractivity contribution in [3.8, 4) is 11.1 Å². The summed E-state index contributed by atoms with van der Waals surface area (Å²) < 4.78 is 0. The van der Waals surface area contributed by atoms with E-state index in [1.165, 1.54) is 11.3 Å². The van der Waals surface area contributed by atoms with Crippen LogP contribution in [0, 0.1) is 6.92 Å². The highest BCUT2D eigenvalue weighted by Crippen LogP contribution is 2.33.